The average molecular weight is 231 g/mol. The smallest absolute Gasteiger partial charge is 0.137 e. The summed E-state index contributed by atoms with van der Waals surface area (Å²) in [6.07, 6.45) is 2.83. The Morgan fingerprint density at radius 1 is 1.24 bits per heavy atom. The summed E-state index contributed by atoms with van der Waals surface area (Å²) in [5.74, 6) is 0. The maximum Gasteiger partial charge on any atom is 0.137 e. The fraction of sp³-hybridized carbons (Fsp3) is 0.467. The van der Waals surface area contributed by atoms with Gasteiger partial charge in [-0.05, 0) is 23.5 Å². The van der Waals surface area contributed by atoms with Crippen molar-refractivity contribution >= 4 is 11.0 Å². The summed E-state index contributed by atoms with van der Waals surface area (Å²) >= 11 is 0. The summed E-state index contributed by atoms with van der Waals surface area (Å²) in [5, 5.41) is 1.18. The van der Waals surface area contributed by atoms with Crippen molar-refractivity contribution < 1.29 is 4.42 Å². The van der Waals surface area contributed by atoms with E-state index in [1.807, 2.05) is 0 Å². The van der Waals surface area contributed by atoms with Gasteiger partial charge in [0, 0.05) is 23.1 Å². The second-order valence-electron chi connectivity index (χ2n) is 5.59. The zero-order valence-electron chi connectivity index (χ0n) is 11.1. The molecule has 92 valence electrons. The molecule has 0 aliphatic heterocycles. The largest absolute Gasteiger partial charge is 0.464 e. The van der Waals surface area contributed by atoms with Crippen LogP contribution in [0.1, 0.15) is 44.4 Å². The molecule has 0 saturated heterocycles. The van der Waals surface area contributed by atoms with Crippen molar-refractivity contribution in [1.29, 1.82) is 0 Å². The van der Waals surface area contributed by atoms with Crippen molar-refractivity contribution in [1.82, 2.24) is 0 Å². The highest BCUT2D eigenvalue weighted by Crippen LogP contribution is 2.34. The zero-order chi connectivity index (χ0) is 12.6. The van der Waals surface area contributed by atoms with Crippen molar-refractivity contribution in [2.24, 2.45) is 5.73 Å². The van der Waals surface area contributed by atoms with Gasteiger partial charge in [0.15, 0.2) is 0 Å². The summed E-state index contributed by atoms with van der Waals surface area (Å²) in [6, 6.07) is 4.46. The number of furan rings is 1. The lowest BCUT2D eigenvalue weighted by Crippen LogP contribution is -2.12. The molecule has 0 bridgehead atoms. The van der Waals surface area contributed by atoms with Crippen LogP contribution in [-0.4, -0.2) is 0 Å². The van der Waals surface area contributed by atoms with Gasteiger partial charge >= 0.3 is 0 Å². The maximum absolute atomic E-state index is 5.75. The average Bonchev–Trinajstić information content (AvgIpc) is 2.68. The van der Waals surface area contributed by atoms with Gasteiger partial charge in [0.1, 0.15) is 5.58 Å². The van der Waals surface area contributed by atoms with Gasteiger partial charge in [0.2, 0.25) is 0 Å². The van der Waals surface area contributed by atoms with Crippen LogP contribution in [0.15, 0.2) is 22.8 Å². The number of hydrogen-bond acceptors (Lipinski definition) is 2. The first kappa shape index (κ1) is 12.2. The minimum Gasteiger partial charge on any atom is -0.464 e. The molecule has 2 N–H and O–H groups in total. The molecule has 2 aromatic rings. The molecule has 2 nitrogen and oxygen atoms in total. The summed E-state index contributed by atoms with van der Waals surface area (Å²) in [6.45, 7) is 9.35. The lowest BCUT2D eigenvalue weighted by molar-refractivity contribution is 0.556. The Morgan fingerprint density at radius 2 is 1.94 bits per heavy atom. The zero-order valence-corrected chi connectivity index (χ0v) is 11.1. The topological polar surface area (TPSA) is 39.2 Å². The molecule has 17 heavy (non-hydrogen) atoms. The van der Waals surface area contributed by atoms with Gasteiger partial charge in [-0.3, -0.25) is 0 Å². The van der Waals surface area contributed by atoms with Gasteiger partial charge in [-0.2, -0.15) is 0 Å². The van der Waals surface area contributed by atoms with Crippen molar-refractivity contribution in [3.63, 3.8) is 0 Å². The molecule has 0 amide bonds. The summed E-state index contributed by atoms with van der Waals surface area (Å²) in [5.41, 5.74) is 10.6. The van der Waals surface area contributed by atoms with E-state index in [2.05, 4.69) is 39.8 Å². The number of rotatable bonds is 2. The minimum atomic E-state index is 0.0904. The lowest BCUT2D eigenvalue weighted by atomic mass is 9.84. The van der Waals surface area contributed by atoms with Crippen molar-refractivity contribution in [3.05, 3.63) is 35.1 Å². The Hall–Kier alpha value is -1.28. The minimum absolute atomic E-state index is 0.0904. The number of fused-ring (bicyclic) bond motifs is 1. The van der Waals surface area contributed by atoms with E-state index in [9.17, 15) is 0 Å². The Morgan fingerprint density at radius 3 is 2.47 bits per heavy atom. The number of benzene rings is 1. The molecule has 2 rings (SSSR count). The van der Waals surface area contributed by atoms with Crippen LogP contribution in [0.3, 0.4) is 0 Å². The number of hydrogen-bond donors (Lipinski definition) is 1. The Bertz CT molecular complexity index is 532. The van der Waals surface area contributed by atoms with E-state index in [4.69, 9.17) is 10.2 Å². The standard InChI is InChI=1S/C15H21NO/c1-5-10-6-12-11(8-16)9-17-14(12)13(7-10)15(2,3)4/h6-7,9H,5,8,16H2,1-4H3. The molecule has 1 heterocycles. The third kappa shape index (κ3) is 2.09. The first-order chi connectivity index (χ1) is 7.97. The van der Waals surface area contributed by atoms with Gasteiger partial charge < -0.3 is 10.2 Å². The molecular formula is C15H21NO. The highest BCUT2D eigenvalue weighted by molar-refractivity contribution is 5.85. The normalized spacial score (nSPS) is 12.3. The van der Waals surface area contributed by atoms with E-state index < -0.39 is 0 Å². The highest BCUT2D eigenvalue weighted by Gasteiger charge is 2.21. The third-order valence-electron chi connectivity index (χ3n) is 3.25. The molecule has 0 saturated carbocycles. The van der Waals surface area contributed by atoms with Crippen molar-refractivity contribution in [2.45, 2.75) is 46.1 Å². The molecule has 0 radical (unpaired) electrons. The van der Waals surface area contributed by atoms with Crippen LogP contribution < -0.4 is 5.73 Å². The fourth-order valence-corrected chi connectivity index (χ4v) is 2.17. The molecule has 0 aliphatic carbocycles. The van der Waals surface area contributed by atoms with E-state index >= 15 is 0 Å². The van der Waals surface area contributed by atoms with Crippen molar-refractivity contribution in [3.8, 4) is 0 Å². The van der Waals surface area contributed by atoms with Crippen LogP contribution in [0.25, 0.3) is 11.0 Å². The van der Waals surface area contributed by atoms with Gasteiger partial charge in [0.25, 0.3) is 0 Å². The SMILES string of the molecule is CCc1cc(C(C)(C)C)c2occ(CN)c2c1. The molecule has 2 heteroatoms. The van der Waals surface area contributed by atoms with Crippen LogP contribution >= 0.6 is 0 Å². The molecule has 0 unspecified atom stereocenters. The van der Waals surface area contributed by atoms with Crippen LogP contribution in [-0.2, 0) is 18.4 Å². The summed E-state index contributed by atoms with van der Waals surface area (Å²) in [7, 11) is 0. The predicted molar refractivity (Wildman–Crippen MR) is 72.2 cm³/mol. The molecule has 1 aromatic carbocycles. The van der Waals surface area contributed by atoms with Crippen LogP contribution in [0.4, 0.5) is 0 Å². The molecule has 0 spiro atoms. The Kier molecular flexibility index (Phi) is 3.00. The van der Waals surface area contributed by atoms with Gasteiger partial charge in [0.05, 0.1) is 6.26 Å². The first-order valence-corrected chi connectivity index (χ1v) is 6.21. The van der Waals surface area contributed by atoms with Crippen LogP contribution in [0.2, 0.25) is 0 Å². The van der Waals surface area contributed by atoms with E-state index in [1.165, 1.54) is 16.5 Å². The highest BCUT2D eigenvalue weighted by atomic mass is 16.3. The van der Waals surface area contributed by atoms with E-state index in [0.717, 1.165) is 17.6 Å². The summed E-state index contributed by atoms with van der Waals surface area (Å²) in [4.78, 5) is 0. The molecule has 0 fully saturated rings. The lowest BCUT2D eigenvalue weighted by Gasteiger charge is -2.20. The fourth-order valence-electron chi connectivity index (χ4n) is 2.17. The number of nitrogens with two attached hydrogens (primary N) is 1. The predicted octanol–water partition coefficient (Wildman–Crippen LogP) is 3.75. The van der Waals surface area contributed by atoms with Crippen LogP contribution in [0, 0.1) is 0 Å². The third-order valence-corrected chi connectivity index (χ3v) is 3.25. The van der Waals surface area contributed by atoms with Gasteiger partial charge in [-0.1, -0.05) is 33.8 Å². The van der Waals surface area contributed by atoms with E-state index in [1.54, 1.807) is 6.26 Å². The quantitative estimate of drug-likeness (QED) is 0.855. The van der Waals surface area contributed by atoms with Gasteiger partial charge in [-0.15, -0.1) is 0 Å². The summed E-state index contributed by atoms with van der Waals surface area (Å²) < 4.78 is 5.72. The van der Waals surface area contributed by atoms with E-state index in [-0.39, 0.29) is 5.41 Å². The van der Waals surface area contributed by atoms with E-state index in [0.29, 0.717) is 6.54 Å². The monoisotopic (exact) mass is 231 g/mol. The first-order valence-electron chi connectivity index (χ1n) is 6.21. The molecule has 1 aromatic heterocycles. The van der Waals surface area contributed by atoms with Crippen LogP contribution in [0.5, 0.6) is 0 Å². The molecule has 0 atom stereocenters. The van der Waals surface area contributed by atoms with Crippen molar-refractivity contribution in [2.75, 3.05) is 0 Å². The second kappa shape index (κ2) is 4.19. The number of aryl methyl sites for hydroxylation is 1. The Labute approximate surface area is 103 Å². The second-order valence-corrected chi connectivity index (χ2v) is 5.59. The Balaban J connectivity index is 2.78. The van der Waals surface area contributed by atoms with Gasteiger partial charge in [-0.25, -0.2) is 0 Å². The molecule has 0 aliphatic rings. The maximum atomic E-state index is 5.75. The molecular weight excluding hydrogens is 210 g/mol.